The van der Waals surface area contributed by atoms with E-state index in [0.717, 1.165) is 5.76 Å². The summed E-state index contributed by atoms with van der Waals surface area (Å²) in [6, 6.07) is 1.56. The van der Waals surface area contributed by atoms with E-state index < -0.39 is 0 Å². The Kier molecular flexibility index (Phi) is 0.785. The van der Waals surface area contributed by atoms with Crippen LogP contribution in [0.4, 0.5) is 0 Å². The number of furan rings is 1. The van der Waals surface area contributed by atoms with Gasteiger partial charge in [0.05, 0.1) is 0 Å². The molecular formula is C5H6O2. The third-order valence-corrected chi connectivity index (χ3v) is 0.717. The minimum atomic E-state index is 0.192. The molecule has 0 aromatic carbocycles. The maximum atomic E-state index is 8.56. The van der Waals surface area contributed by atoms with Crippen LogP contribution in [0.25, 0.3) is 0 Å². The van der Waals surface area contributed by atoms with Gasteiger partial charge in [0.25, 0.3) is 0 Å². The first kappa shape index (κ1) is 4.24. The first-order chi connectivity index (χ1) is 3.29. The van der Waals surface area contributed by atoms with Crippen molar-refractivity contribution in [2.24, 2.45) is 0 Å². The van der Waals surface area contributed by atoms with Crippen molar-refractivity contribution >= 4 is 0 Å². The Hall–Kier alpha value is -0.920. The van der Waals surface area contributed by atoms with Crippen LogP contribution < -0.4 is 0 Å². The minimum Gasteiger partial charge on any atom is -0.505 e. The van der Waals surface area contributed by atoms with Crippen LogP contribution in [0.15, 0.2) is 16.7 Å². The molecule has 1 N–H and O–H groups in total. The lowest BCUT2D eigenvalue weighted by molar-refractivity contribution is 0.455. The first-order valence-corrected chi connectivity index (χ1v) is 2.03. The van der Waals surface area contributed by atoms with E-state index in [1.54, 1.807) is 13.0 Å². The summed E-state index contributed by atoms with van der Waals surface area (Å²) in [5.41, 5.74) is 0. The number of aromatic hydroxyl groups is 1. The maximum Gasteiger partial charge on any atom is 0.153 e. The second kappa shape index (κ2) is 1.30. The summed E-state index contributed by atoms with van der Waals surface area (Å²) in [5, 5.41) is 8.56. The van der Waals surface area contributed by atoms with Crippen molar-refractivity contribution in [2.45, 2.75) is 6.92 Å². The van der Waals surface area contributed by atoms with E-state index in [4.69, 9.17) is 9.52 Å². The molecule has 0 spiro atoms. The van der Waals surface area contributed by atoms with Gasteiger partial charge in [-0.15, -0.1) is 0 Å². The van der Waals surface area contributed by atoms with Gasteiger partial charge in [-0.3, -0.25) is 0 Å². The van der Waals surface area contributed by atoms with E-state index in [1.165, 1.54) is 6.26 Å². The molecule has 1 aromatic heterocycles. The molecule has 2 nitrogen and oxygen atoms in total. The van der Waals surface area contributed by atoms with Gasteiger partial charge >= 0.3 is 0 Å². The van der Waals surface area contributed by atoms with E-state index in [2.05, 4.69) is 0 Å². The average Bonchev–Trinajstić information content (AvgIpc) is 1.87. The zero-order valence-electron chi connectivity index (χ0n) is 4.01. The summed E-state index contributed by atoms with van der Waals surface area (Å²) in [6.45, 7) is 1.78. The molecule has 0 fully saturated rings. The van der Waals surface area contributed by atoms with Crippen molar-refractivity contribution in [3.05, 3.63) is 18.1 Å². The summed E-state index contributed by atoms with van der Waals surface area (Å²) in [5.74, 6) is 0.926. The van der Waals surface area contributed by atoms with Crippen LogP contribution in [-0.2, 0) is 0 Å². The zero-order valence-corrected chi connectivity index (χ0v) is 4.01. The lowest BCUT2D eigenvalue weighted by Crippen LogP contribution is -1.50. The topological polar surface area (TPSA) is 33.4 Å². The van der Waals surface area contributed by atoms with Crippen molar-refractivity contribution < 1.29 is 9.52 Å². The molecule has 38 valence electrons. The van der Waals surface area contributed by atoms with E-state index in [9.17, 15) is 0 Å². The summed E-state index contributed by atoms with van der Waals surface area (Å²) in [4.78, 5) is 0. The van der Waals surface area contributed by atoms with Crippen molar-refractivity contribution in [1.82, 2.24) is 0 Å². The Morgan fingerprint density at radius 3 is 2.57 bits per heavy atom. The fraction of sp³-hybridized carbons (Fsp3) is 0.200. The Balaban J connectivity index is 3.04. The second-order valence-corrected chi connectivity index (χ2v) is 1.42. The highest BCUT2D eigenvalue weighted by Gasteiger charge is 1.88. The summed E-state index contributed by atoms with van der Waals surface area (Å²) in [6.07, 6.45) is 1.30. The molecule has 0 saturated heterocycles. The van der Waals surface area contributed by atoms with Gasteiger partial charge in [0.1, 0.15) is 12.0 Å². The third kappa shape index (κ3) is 0.738. The number of rotatable bonds is 0. The van der Waals surface area contributed by atoms with Gasteiger partial charge in [0.15, 0.2) is 5.75 Å². The average molecular weight is 98.1 g/mol. The molecule has 1 heterocycles. The van der Waals surface area contributed by atoms with Crippen LogP contribution in [0.5, 0.6) is 5.75 Å². The van der Waals surface area contributed by atoms with Gasteiger partial charge in [-0.25, -0.2) is 0 Å². The van der Waals surface area contributed by atoms with Crippen LogP contribution >= 0.6 is 0 Å². The highest BCUT2D eigenvalue weighted by Crippen LogP contribution is 2.10. The predicted octanol–water partition coefficient (Wildman–Crippen LogP) is 1.29. The highest BCUT2D eigenvalue weighted by molar-refractivity contribution is 5.15. The first-order valence-electron chi connectivity index (χ1n) is 2.03. The SMILES string of the molecule is Cc1cc(O)co1. The molecule has 0 bridgehead atoms. The lowest BCUT2D eigenvalue weighted by Gasteiger charge is -1.68. The monoisotopic (exact) mass is 98.0 g/mol. The fourth-order valence-corrected chi connectivity index (χ4v) is 0.430. The number of hydrogen-bond donors (Lipinski definition) is 1. The molecular weight excluding hydrogens is 92.1 g/mol. The lowest BCUT2D eigenvalue weighted by atomic mass is 10.5. The quantitative estimate of drug-likeness (QED) is 0.530. The molecule has 2 heteroatoms. The van der Waals surface area contributed by atoms with Crippen molar-refractivity contribution in [3.8, 4) is 5.75 Å². The molecule has 7 heavy (non-hydrogen) atoms. The molecule has 1 aromatic rings. The molecule has 0 radical (unpaired) electrons. The normalized spacial score (nSPS) is 9.29. The third-order valence-electron chi connectivity index (χ3n) is 0.717. The second-order valence-electron chi connectivity index (χ2n) is 1.42. The maximum absolute atomic E-state index is 8.56. The molecule has 0 amide bonds. The summed E-state index contributed by atoms with van der Waals surface area (Å²) >= 11 is 0. The van der Waals surface area contributed by atoms with E-state index >= 15 is 0 Å². The molecule has 0 aliphatic carbocycles. The van der Waals surface area contributed by atoms with E-state index in [1.807, 2.05) is 0 Å². The van der Waals surface area contributed by atoms with Gasteiger partial charge < -0.3 is 9.52 Å². The van der Waals surface area contributed by atoms with Gasteiger partial charge in [-0.2, -0.15) is 0 Å². The zero-order chi connectivity index (χ0) is 5.28. The van der Waals surface area contributed by atoms with Gasteiger partial charge in [-0.05, 0) is 6.92 Å². The Morgan fingerprint density at radius 1 is 1.71 bits per heavy atom. The van der Waals surface area contributed by atoms with Crippen LogP contribution in [0.2, 0.25) is 0 Å². The minimum absolute atomic E-state index is 0.192. The Bertz CT molecular complexity index is 138. The number of hydrogen-bond acceptors (Lipinski definition) is 2. The molecule has 0 aliphatic heterocycles. The molecule has 0 aliphatic rings. The smallest absolute Gasteiger partial charge is 0.153 e. The Labute approximate surface area is 41.4 Å². The standard InChI is InChI=1S/C5H6O2/c1-4-2-5(6)3-7-4/h2-3,6H,1H3. The fourth-order valence-electron chi connectivity index (χ4n) is 0.430. The molecule has 1 rings (SSSR count). The molecule has 0 unspecified atom stereocenters. The summed E-state index contributed by atoms with van der Waals surface area (Å²) in [7, 11) is 0. The summed E-state index contributed by atoms with van der Waals surface area (Å²) < 4.78 is 4.71. The van der Waals surface area contributed by atoms with Gasteiger partial charge in [-0.1, -0.05) is 0 Å². The predicted molar refractivity (Wildman–Crippen MR) is 25.1 cm³/mol. The van der Waals surface area contributed by atoms with Crippen molar-refractivity contribution in [2.75, 3.05) is 0 Å². The van der Waals surface area contributed by atoms with Crippen LogP contribution in [0.1, 0.15) is 5.76 Å². The molecule has 0 saturated carbocycles. The van der Waals surface area contributed by atoms with Gasteiger partial charge in [0, 0.05) is 6.07 Å². The van der Waals surface area contributed by atoms with Gasteiger partial charge in [0.2, 0.25) is 0 Å². The number of aryl methyl sites for hydroxylation is 1. The van der Waals surface area contributed by atoms with Crippen LogP contribution in [-0.4, -0.2) is 5.11 Å². The van der Waals surface area contributed by atoms with E-state index in [-0.39, 0.29) is 5.75 Å². The van der Waals surface area contributed by atoms with E-state index in [0.29, 0.717) is 0 Å². The largest absolute Gasteiger partial charge is 0.505 e. The van der Waals surface area contributed by atoms with Crippen LogP contribution in [0, 0.1) is 6.92 Å². The highest BCUT2D eigenvalue weighted by atomic mass is 16.4. The molecule has 0 atom stereocenters. The Morgan fingerprint density at radius 2 is 2.43 bits per heavy atom. The van der Waals surface area contributed by atoms with Crippen molar-refractivity contribution in [3.63, 3.8) is 0 Å². The van der Waals surface area contributed by atoms with Crippen LogP contribution in [0.3, 0.4) is 0 Å². The van der Waals surface area contributed by atoms with Crippen molar-refractivity contribution in [1.29, 1.82) is 0 Å².